The first kappa shape index (κ1) is 23.4. The van der Waals surface area contributed by atoms with E-state index in [9.17, 15) is 9.90 Å². The van der Waals surface area contributed by atoms with E-state index in [1.54, 1.807) is 0 Å². The van der Waals surface area contributed by atoms with Crippen molar-refractivity contribution < 1.29 is 28.6 Å². The molecule has 5 rings (SSSR count). The average molecular weight is 473 g/mol. The van der Waals surface area contributed by atoms with E-state index in [-0.39, 0.29) is 18.1 Å². The van der Waals surface area contributed by atoms with E-state index in [1.165, 1.54) is 12.8 Å². The standard InChI is InChI=1S/C26H36N2O6/c29-26(30)19-11-15-31-21(16-19)10-14-28-12-8-18(9-13-28)17-32-25-24-22(33-20-4-1-2-5-20)6-3-7-23(24)34-27-25/h3,6-7,18-21H,1-2,4-5,8-17H2,(H,29,30). The van der Waals surface area contributed by atoms with Crippen molar-refractivity contribution in [2.45, 2.75) is 70.0 Å². The van der Waals surface area contributed by atoms with E-state index in [2.05, 4.69) is 10.1 Å². The van der Waals surface area contributed by atoms with Crippen molar-refractivity contribution in [3.63, 3.8) is 0 Å². The van der Waals surface area contributed by atoms with Crippen molar-refractivity contribution in [3.05, 3.63) is 18.2 Å². The van der Waals surface area contributed by atoms with Gasteiger partial charge >= 0.3 is 5.97 Å². The number of carbonyl (C=O) groups is 1. The van der Waals surface area contributed by atoms with Gasteiger partial charge in [-0.3, -0.25) is 4.79 Å². The third-order valence-corrected chi connectivity index (χ3v) is 7.67. The molecule has 0 radical (unpaired) electrons. The highest BCUT2D eigenvalue weighted by Crippen LogP contribution is 2.36. The molecule has 2 aliphatic heterocycles. The van der Waals surface area contributed by atoms with Gasteiger partial charge in [-0.2, -0.15) is 0 Å². The zero-order valence-corrected chi connectivity index (χ0v) is 19.8. The molecule has 3 fully saturated rings. The molecule has 3 aliphatic rings. The Bertz CT molecular complexity index is 948. The quantitative estimate of drug-likeness (QED) is 0.570. The lowest BCUT2D eigenvalue weighted by Gasteiger charge is -2.34. The third-order valence-electron chi connectivity index (χ3n) is 7.67. The maximum atomic E-state index is 11.3. The predicted molar refractivity (Wildman–Crippen MR) is 126 cm³/mol. The maximum absolute atomic E-state index is 11.3. The Morgan fingerprint density at radius 2 is 1.97 bits per heavy atom. The van der Waals surface area contributed by atoms with Gasteiger partial charge in [0.25, 0.3) is 5.88 Å². The molecule has 8 nitrogen and oxygen atoms in total. The molecular weight excluding hydrogens is 436 g/mol. The van der Waals surface area contributed by atoms with Gasteiger partial charge in [0.2, 0.25) is 0 Å². The van der Waals surface area contributed by atoms with Crippen LogP contribution >= 0.6 is 0 Å². The second-order valence-electron chi connectivity index (χ2n) is 10.1. The largest absolute Gasteiger partial charge is 0.489 e. The molecule has 1 N–H and O–H groups in total. The molecule has 2 atom stereocenters. The van der Waals surface area contributed by atoms with Crippen LogP contribution in [0.25, 0.3) is 11.0 Å². The van der Waals surface area contributed by atoms with Gasteiger partial charge in [-0.05, 0) is 94.1 Å². The van der Waals surface area contributed by atoms with Crippen molar-refractivity contribution in [2.24, 2.45) is 11.8 Å². The van der Waals surface area contributed by atoms with Crippen molar-refractivity contribution in [2.75, 3.05) is 32.8 Å². The van der Waals surface area contributed by atoms with Crippen molar-refractivity contribution in [3.8, 4) is 11.6 Å². The summed E-state index contributed by atoms with van der Waals surface area (Å²) in [6.45, 7) is 4.20. The van der Waals surface area contributed by atoms with Gasteiger partial charge in [-0.25, -0.2) is 0 Å². The number of likely N-dealkylation sites (tertiary alicyclic amines) is 1. The van der Waals surface area contributed by atoms with E-state index in [0.717, 1.165) is 62.9 Å². The number of rotatable bonds is 9. The SMILES string of the molecule is O=C(O)C1CCOC(CCN2CCC(COc3noc4cccc(OC5CCCC5)c34)CC2)C1. The van der Waals surface area contributed by atoms with Crippen LogP contribution in [0.3, 0.4) is 0 Å². The second-order valence-corrected chi connectivity index (χ2v) is 10.1. The average Bonchev–Trinajstić information content (AvgIpc) is 3.53. The summed E-state index contributed by atoms with van der Waals surface area (Å²) < 4.78 is 23.7. The Balaban J connectivity index is 1.08. The number of piperidine rings is 1. The summed E-state index contributed by atoms with van der Waals surface area (Å²) in [5.74, 6) is 0.886. The fraction of sp³-hybridized carbons (Fsp3) is 0.692. The molecule has 0 amide bonds. The van der Waals surface area contributed by atoms with Crippen LogP contribution in [-0.4, -0.2) is 66.2 Å². The topological polar surface area (TPSA) is 94.3 Å². The minimum atomic E-state index is -0.689. The summed E-state index contributed by atoms with van der Waals surface area (Å²) >= 11 is 0. The molecule has 2 unspecified atom stereocenters. The fourth-order valence-electron chi connectivity index (χ4n) is 5.52. The first-order chi connectivity index (χ1) is 16.7. The predicted octanol–water partition coefficient (Wildman–Crippen LogP) is 4.51. The van der Waals surface area contributed by atoms with Gasteiger partial charge in [-0.15, -0.1) is 0 Å². The Morgan fingerprint density at radius 1 is 1.15 bits per heavy atom. The van der Waals surface area contributed by atoms with Crippen molar-refractivity contribution in [1.82, 2.24) is 10.1 Å². The van der Waals surface area contributed by atoms with Crippen LogP contribution in [0.2, 0.25) is 0 Å². The zero-order valence-electron chi connectivity index (χ0n) is 19.8. The molecule has 1 aromatic carbocycles. The molecule has 2 saturated heterocycles. The van der Waals surface area contributed by atoms with Crippen LogP contribution in [-0.2, 0) is 9.53 Å². The number of nitrogens with zero attached hydrogens (tertiary/aromatic N) is 2. The van der Waals surface area contributed by atoms with Gasteiger partial charge in [-0.1, -0.05) is 6.07 Å². The number of hydrogen-bond acceptors (Lipinski definition) is 7. The summed E-state index contributed by atoms with van der Waals surface area (Å²) in [5, 5.41) is 14.3. The van der Waals surface area contributed by atoms with Crippen LogP contribution < -0.4 is 9.47 Å². The van der Waals surface area contributed by atoms with Crippen LogP contribution in [0.5, 0.6) is 11.6 Å². The van der Waals surface area contributed by atoms with E-state index in [4.69, 9.17) is 18.7 Å². The third kappa shape index (κ3) is 5.66. The summed E-state index contributed by atoms with van der Waals surface area (Å²) in [6.07, 6.45) is 9.31. The van der Waals surface area contributed by atoms with Gasteiger partial charge < -0.3 is 28.7 Å². The van der Waals surface area contributed by atoms with Crippen molar-refractivity contribution in [1.29, 1.82) is 0 Å². The van der Waals surface area contributed by atoms with E-state index >= 15 is 0 Å². The number of aliphatic carboxylic acids is 1. The number of carboxylic acid groups (broad SMARTS) is 1. The van der Waals surface area contributed by atoms with E-state index in [1.807, 2.05) is 18.2 Å². The van der Waals surface area contributed by atoms with E-state index < -0.39 is 5.97 Å². The number of carboxylic acids is 1. The van der Waals surface area contributed by atoms with Crippen LogP contribution in [0, 0.1) is 11.8 Å². The monoisotopic (exact) mass is 472 g/mol. The number of fused-ring (bicyclic) bond motifs is 1. The van der Waals surface area contributed by atoms with Crippen LogP contribution in [0.15, 0.2) is 22.7 Å². The lowest BCUT2D eigenvalue weighted by molar-refractivity contribution is -0.147. The Labute approximate surface area is 200 Å². The molecule has 1 saturated carbocycles. The molecule has 186 valence electrons. The smallest absolute Gasteiger partial charge is 0.306 e. The van der Waals surface area contributed by atoms with Gasteiger partial charge in [0, 0.05) is 13.2 Å². The Kier molecular flexibility index (Phi) is 7.54. The molecule has 34 heavy (non-hydrogen) atoms. The summed E-state index contributed by atoms with van der Waals surface area (Å²) in [7, 11) is 0. The summed E-state index contributed by atoms with van der Waals surface area (Å²) in [6, 6.07) is 5.83. The van der Waals surface area contributed by atoms with Crippen LogP contribution in [0.1, 0.15) is 57.8 Å². The number of benzene rings is 1. The minimum Gasteiger partial charge on any atom is -0.489 e. The Hall–Kier alpha value is -2.32. The number of hydrogen-bond donors (Lipinski definition) is 1. The zero-order chi connectivity index (χ0) is 23.3. The maximum Gasteiger partial charge on any atom is 0.306 e. The lowest BCUT2D eigenvalue weighted by Crippen LogP contribution is -2.38. The Morgan fingerprint density at radius 3 is 2.76 bits per heavy atom. The van der Waals surface area contributed by atoms with Gasteiger partial charge in [0.15, 0.2) is 5.58 Å². The molecule has 3 heterocycles. The summed E-state index contributed by atoms with van der Waals surface area (Å²) in [4.78, 5) is 13.7. The molecule has 2 aromatic rings. The molecule has 1 aromatic heterocycles. The highest BCUT2D eigenvalue weighted by atomic mass is 16.5. The number of ether oxygens (including phenoxy) is 3. The van der Waals surface area contributed by atoms with Gasteiger partial charge in [0.05, 0.1) is 24.7 Å². The first-order valence-corrected chi connectivity index (χ1v) is 12.9. The van der Waals surface area contributed by atoms with Crippen LogP contribution in [0.4, 0.5) is 0 Å². The molecule has 1 aliphatic carbocycles. The van der Waals surface area contributed by atoms with Gasteiger partial charge in [0.1, 0.15) is 11.1 Å². The first-order valence-electron chi connectivity index (χ1n) is 12.9. The van der Waals surface area contributed by atoms with E-state index in [0.29, 0.717) is 43.4 Å². The van der Waals surface area contributed by atoms with Crippen molar-refractivity contribution >= 4 is 16.9 Å². The second kappa shape index (κ2) is 11.0. The normalized spacial score (nSPS) is 25.1. The molecule has 0 bridgehead atoms. The highest BCUT2D eigenvalue weighted by Gasteiger charge is 2.29. The summed E-state index contributed by atoms with van der Waals surface area (Å²) in [5.41, 5.74) is 0.704. The molecular formula is C26H36N2O6. The lowest BCUT2D eigenvalue weighted by atomic mass is 9.93. The fourth-order valence-corrected chi connectivity index (χ4v) is 5.52. The molecule has 0 spiro atoms. The molecule has 8 heteroatoms. The number of aromatic nitrogens is 1. The minimum absolute atomic E-state index is 0.0667. The highest BCUT2D eigenvalue weighted by molar-refractivity contribution is 5.88.